The van der Waals surface area contributed by atoms with Gasteiger partial charge in [-0.2, -0.15) is 0 Å². The molecule has 0 fully saturated rings. The molecule has 0 aliphatic rings. The summed E-state index contributed by atoms with van der Waals surface area (Å²) in [4.78, 5) is 0. The van der Waals surface area contributed by atoms with E-state index in [1.807, 2.05) is 0 Å². The SMILES string of the molecule is Cc1cccc(COCC[Si](C)(C)C)c1. The smallest absolute Gasteiger partial charge is 0.0716 e. The summed E-state index contributed by atoms with van der Waals surface area (Å²) in [6, 6.07) is 9.77. The van der Waals surface area contributed by atoms with Crippen LogP contribution in [0.3, 0.4) is 0 Å². The highest BCUT2D eigenvalue weighted by atomic mass is 28.3. The molecule has 0 saturated heterocycles. The fourth-order valence-electron chi connectivity index (χ4n) is 1.37. The predicted molar refractivity (Wildman–Crippen MR) is 69.0 cm³/mol. The van der Waals surface area contributed by atoms with Gasteiger partial charge in [-0.3, -0.25) is 0 Å². The Kier molecular flexibility index (Phi) is 4.55. The van der Waals surface area contributed by atoms with Gasteiger partial charge in [0.25, 0.3) is 0 Å². The lowest BCUT2D eigenvalue weighted by atomic mass is 10.1. The van der Waals surface area contributed by atoms with Crippen LogP contribution in [-0.4, -0.2) is 14.7 Å². The van der Waals surface area contributed by atoms with Crippen LogP contribution in [0.1, 0.15) is 11.1 Å². The lowest BCUT2D eigenvalue weighted by molar-refractivity contribution is 0.133. The summed E-state index contributed by atoms with van der Waals surface area (Å²) in [5, 5.41) is 0. The van der Waals surface area contributed by atoms with Crippen LogP contribution in [-0.2, 0) is 11.3 Å². The third-order valence-electron chi connectivity index (χ3n) is 2.35. The Morgan fingerprint density at radius 2 is 1.93 bits per heavy atom. The molecule has 0 radical (unpaired) electrons. The maximum atomic E-state index is 5.69. The van der Waals surface area contributed by atoms with Crippen molar-refractivity contribution in [3.63, 3.8) is 0 Å². The standard InChI is InChI=1S/C13H22OSi/c1-12-6-5-7-13(10-12)11-14-8-9-15(2,3)4/h5-7,10H,8-9,11H2,1-4H3. The van der Waals surface area contributed by atoms with Crippen molar-refractivity contribution in [2.45, 2.75) is 39.2 Å². The molecule has 1 rings (SSSR count). The predicted octanol–water partition coefficient (Wildman–Crippen LogP) is 3.85. The van der Waals surface area contributed by atoms with Crippen molar-refractivity contribution < 1.29 is 4.74 Å². The monoisotopic (exact) mass is 222 g/mol. The van der Waals surface area contributed by atoms with Gasteiger partial charge in [-0.15, -0.1) is 0 Å². The van der Waals surface area contributed by atoms with Crippen molar-refractivity contribution in [3.8, 4) is 0 Å². The van der Waals surface area contributed by atoms with E-state index in [-0.39, 0.29) is 0 Å². The Balaban J connectivity index is 2.26. The fraction of sp³-hybridized carbons (Fsp3) is 0.538. The summed E-state index contributed by atoms with van der Waals surface area (Å²) in [5.41, 5.74) is 2.59. The van der Waals surface area contributed by atoms with E-state index in [9.17, 15) is 0 Å². The molecule has 0 heterocycles. The minimum atomic E-state index is -0.931. The molecule has 0 aliphatic heterocycles. The van der Waals surface area contributed by atoms with E-state index in [0.717, 1.165) is 13.2 Å². The van der Waals surface area contributed by atoms with Crippen molar-refractivity contribution in [3.05, 3.63) is 35.4 Å². The zero-order valence-electron chi connectivity index (χ0n) is 10.3. The highest BCUT2D eigenvalue weighted by Gasteiger charge is 2.11. The largest absolute Gasteiger partial charge is 0.377 e. The molecular weight excluding hydrogens is 200 g/mol. The van der Waals surface area contributed by atoms with E-state index in [4.69, 9.17) is 4.74 Å². The van der Waals surface area contributed by atoms with Gasteiger partial charge in [0.1, 0.15) is 0 Å². The Hall–Kier alpha value is -0.603. The van der Waals surface area contributed by atoms with E-state index in [1.54, 1.807) is 0 Å². The molecule has 0 aliphatic carbocycles. The maximum Gasteiger partial charge on any atom is 0.0716 e. The Labute approximate surface area is 94.5 Å². The second kappa shape index (κ2) is 5.47. The summed E-state index contributed by atoms with van der Waals surface area (Å²) in [7, 11) is -0.931. The molecule has 1 aromatic carbocycles. The fourth-order valence-corrected chi connectivity index (χ4v) is 2.13. The highest BCUT2D eigenvalue weighted by molar-refractivity contribution is 6.76. The minimum Gasteiger partial charge on any atom is -0.377 e. The number of hydrogen-bond acceptors (Lipinski definition) is 1. The average Bonchev–Trinajstić information content (AvgIpc) is 2.11. The van der Waals surface area contributed by atoms with E-state index < -0.39 is 8.07 Å². The molecule has 0 bridgehead atoms. The molecule has 1 nitrogen and oxygen atoms in total. The Morgan fingerprint density at radius 1 is 1.20 bits per heavy atom. The van der Waals surface area contributed by atoms with Gasteiger partial charge in [0.05, 0.1) is 6.61 Å². The quantitative estimate of drug-likeness (QED) is 0.543. The molecule has 0 spiro atoms. The number of ether oxygens (including phenoxy) is 1. The van der Waals surface area contributed by atoms with Crippen LogP contribution in [0.2, 0.25) is 25.7 Å². The van der Waals surface area contributed by atoms with Gasteiger partial charge in [-0.05, 0) is 18.5 Å². The van der Waals surface area contributed by atoms with Crippen molar-refractivity contribution in [1.29, 1.82) is 0 Å². The molecule has 2 heteroatoms. The Bertz CT molecular complexity index is 302. The first-order valence-electron chi connectivity index (χ1n) is 5.61. The van der Waals surface area contributed by atoms with E-state index >= 15 is 0 Å². The number of hydrogen-bond donors (Lipinski definition) is 0. The van der Waals surface area contributed by atoms with Crippen LogP contribution in [0.15, 0.2) is 24.3 Å². The first-order valence-corrected chi connectivity index (χ1v) is 9.31. The van der Waals surface area contributed by atoms with Crippen molar-refractivity contribution >= 4 is 8.07 Å². The lowest BCUT2D eigenvalue weighted by Gasteiger charge is -2.15. The highest BCUT2D eigenvalue weighted by Crippen LogP contribution is 2.10. The van der Waals surface area contributed by atoms with Crippen LogP contribution >= 0.6 is 0 Å². The zero-order valence-corrected chi connectivity index (χ0v) is 11.3. The molecule has 15 heavy (non-hydrogen) atoms. The maximum absolute atomic E-state index is 5.69. The topological polar surface area (TPSA) is 9.23 Å². The molecule has 0 saturated carbocycles. The van der Waals surface area contributed by atoms with Crippen molar-refractivity contribution in [1.82, 2.24) is 0 Å². The summed E-state index contributed by atoms with van der Waals surface area (Å²) in [5.74, 6) is 0. The van der Waals surface area contributed by atoms with Crippen LogP contribution in [0.5, 0.6) is 0 Å². The molecular formula is C13H22OSi. The van der Waals surface area contributed by atoms with Gasteiger partial charge < -0.3 is 4.74 Å². The van der Waals surface area contributed by atoms with Crippen LogP contribution in [0.4, 0.5) is 0 Å². The molecule has 1 aromatic rings. The molecule has 0 unspecified atom stereocenters. The molecule has 0 aromatic heterocycles. The second-order valence-electron chi connectivity index (χ2n) is 5.35. The molecule has 0 amide bonds. The summed E-state index contributed by atoms with van der Waals surface area (Å²) in [6.45, 7) is 10.9. The first-order chi connectivity index (χ1) is 6.97. The summed E-state index contributed by atoms with van der Waals surface area (Å²) in [6.07, 6.45) is 0. The van der Waals surface area contributed by atoms with Gasteiger partial charge in [-0.25, -0.2) is 0 Å². The second-order valence-corrected chi connectivity index (χ2v) is 11.0. The van der Waals surface area contributed by atoms with E-state index in [0.29, 0.717) is 0 Å². The van der Waals surface area contributed by atoms with Gasteiger partial charge in [0.15, 0.2) is 0 Å². The first kappa shape index (κ1) is 12.5. The third kappa shape index (κ3) is 5.75. The summed E-state index contributed by atoms with van der Waals surface area (Å²) < 4.78 is 5.69. The molecule has 84 valence electrons. The van der Waals surface area contributed by atoms with E-state index in [1.165, 1.54) is 17.2 Å². The number of benzene rings is 1. The van der Waals surface area contributed by atoms with Crippen molar-refractivity contribution in [2.24, 2.45) is 0 Å². The van der Waals surface area contributed by atoms with Gasteiger partial charge >= 0.3 is 0 Å². The van der Waals surface area contributed by atoms with Gasteiger partial charge in [0.2, 0.25) is 0 Å². The molecule has 0 atom stereocenters. The lowest BCUT2D eigenvalue weighted by Crippen LogP contribution is -2.21. The van der Waals surface area contributed by atoms with Crippen molar-refractivity contribution in [2.75, 3.05) is 6.61 Å². The minimum absolute atomic E-state index is 0.756. The van der Waals surface area contributed by atoms with Gasteiger partial charge in [-0.1, -0.05) is 49.5 Å². The normalized spacial score (nSPS) is 11.7. The van der Waals surface area contributed by atoms with Gasteiger partial charge in [0, 0.05) is 14.7 Å². The van der Waals surface area contributed by atoms with E-state index in [2.05, 4.69) is 50.8 Å². The van der Waals surface area contributed by atoms with Crippen LogP contribution < -0.4 is 0 Å². The Morgan fingerprint density at radius 3 is 2.53 bits per heavy atom. The van der Waals surface area contributed by atoms with Crippen LogP contribution in [0.25, 0.3) is 0 Å². The zero-order chi connectivity index (χ0) is 11.3. The number of rotatable bonds is 5. The van der Waals surface area contributed by atoms with Crippen LogP contribution in [0, 0.1) is 6.92 Å². The molecule has 0 N–H and O–H groups in total. The summed E-state index contributed by atoms with van der Waals surface area (Å²) >= 11 is 0. The third-order valence-corrected chi connectivity index (χ3v) is 4.05. The average molecular weight is 222 g/mol. The number of aryl methyl sites for hydroxylation is 1.